The van der Waals surface area contributed by atoms with Gasteiger partial charge in [0, 0.05) is 11.3 Å². The predicted molar refractivity (Wildman–Crippen MR) is 88.3 cm³/mol. The van der Waals surface area contributed by atoms with Gasteiger partial charge < -0.3 is 16.6 Å². The minimum Gasteiger partial charge on any atom is -0.480 e. The van der Waals surface area contributed by atoms with E-state index in [9.17, 15) is 4.79 Å². The number of nitrogens with two attached hydrogens (primary N) is 2. The molecule has 2 aromatic carbocycles. The van der Waals surface area contributed by atoms with Crippen molar-refractivity contribution in [2.45, 2.75) is 12.5 Å². The lowest BCUT2D eigenvalue weighted by molar-refractivity contribution is -0.138. The smallest absolute Gasteiger partial charge is 0.320 e. The van der Waals surface area contributed by atoms with Gasteiger partial charge in [-0.3, -0.25) is 4.79 Å². The third-order valence-corrected chi connectivity index (χ3v) is 3.52. The minimum absolute atomic E-state index is 0.265. The molecule has 1 atom stereocenters. The summed E-state index contributed by atoms with van der Waals surface area (Å²) in [5.74, 6) is -0.548. The number of hydrogen-bond donors (Lipinski definition) is 3. The van der Waals surface area contributed by atoms with Crippen molar-refractivity contribution in [2.75, 3.05) is 5.73 Å². The lowest BCUT2D eigenvalue weighted by Gasteiger charge is -2.06. The number of hydrogen-bond acceptors (Lipinski definition) is 6. The van der Waals surface area contributed by atoms with Crippen LogP contribution in [0.1, 0.15) is 5.56 Å². The molecule has 8 nitrogen and oxygen atoms in total. The van der Waals surface area contributed by atoms with Crippen LogP contribution in [-0.4, -0.2) is 37.3 Å². The van der Waals surface area contributed by atoms with Gasteiger partial charge in [0.2, 0.25) is 5.82 Å². The molecular formula is C16H16N6O2. The van der Waals surface area contributed by atoms with Gasteiger partial charge in [-0.25, -0.2) is 0 Å². The van der Waals surface area contributed by atoms with Gasteiger partial charge in [0.1, 0.15) is 6.04 Å². The Kier molecular flexibility index (Phi) is 4.21. The van der Waals surface area contributed by atoms with Crippen LogP contribution in [0.3, 0.4) is 0 Å². The minimum atomic E-state index is -1.02. The van der Waals surface area contributed by atoms with Gasteiger partial charge in [-0.1, -0.05) is 24.3 Å². The quantitative estimate of drug-likeness (QED) is 0.593. The number of carbonyl (C=O) groups is 1. The fraction of sp³-hybridized carbons (Fsp3) is 0.125. The number of nitrogens with zero attached hydrogens (tertiary/aromatic N) is 4. The van der Waals surface area contributed by atoms with Gasteiger partial charge in [0.15, 0.2) is 0 Å². The number of benzene rings is 2. The van der Waals surface area contributed by atoms with Gasteiger partial charge >= 0.3 is 5.97 Å². The Morgan fingerprint density at radius 3 is 2.42 bits per heavy atom. The fourth-order valence-electron chi connectivity index (χ4n) is 2.18. The molecule has 0 aliphatic rings. The van der Waals surface area contributed by atoms with Crippen LogP contribution in [0, 0.1) is 0 Å². The fourth-order valence-corrected chi connectivity index (χ4v) is 2.18. The number of aliphatic carboxylic acids is 1. The van der Waals surface area contributed by atoms with Crippen molar-refractivity contribution in [1.29, 1.82) is 0 Å². The number of carboxylic acid groups (broad SMARTS) is 1. The second kappa shape index (κ2) is 6.47. The molecule has 8 heteroatoms. The molecule has 0 spiro atoms. The van der Waals surface area contributed by atoms with Crippen molar-refractivity contribution in [3.63, 3.8) is 0 Å². The van der Waals surface area contributed by atoms with Crippen molar-refractivity contribution in [3.8, 4) is 17.1 Å². The number of aromatic nitrogens is 4. The van der Waals surface area contributed by atoms with Crippen LogP contribution in [0.4, 0.5) is 5.69 Å². The van der Waals surface area contributed by atoms with Gasteiger partial charge in [0.05, 0.1) is 5.69 Å². The Morgan fingerprint density at radius 1 is 1.12 bits per heavy atom. The Morgan fingerprint density at radius 2 is 1.79 bits per heavy atom. The first-order valence-corrected chi connectivity index (χ1v) is 7.26. The van der Waals surface area contributed by atoms with E-state index in [1.54, 1.807) is 24.3 Å². The molecule has 0 amide bonds. The molecule has 0 aliphatic carbocycles. The molecule has 0 saturated heterocycles. The first-order chi connectivity index (χ1) is 11.5. The largest absolute Gasteiger partial charge is 0.480 e. The van der Waals surface area contributed by atoms with E-state index in [-0.39, 0.29) is 6.42 Å². The number of carboxylic acids is 1. The highest BCUT2D eigenvalue weighted by atomic mass is 16.4. The van der Waals surface area contributed by atoms with E-state index in [1.807, 2.05) is 24.3 Å². The molecule has 5 N–H and O–H groups in total. The zero-order valence-corrected chi connectivity index (χ0v) is 12.7. The van der Waals surface area contributed by atoms with Crippen molar-refractivity contribution in [1.82, 2.24) is 20.2 Å². The highest BCUT2D eigenvalue weighted by Crippen LogP contribution is 2.17. The van der Waals surface area contributed by atoms with E-state index in [1.165, 1.54) is 4.80 Å². The van der Waals surface area contributed by atoms with E-state index in [0.29, 0.717) is 11.5 Å². The van der Waals surface area contributed by atoms with Crippen LogP contribution in [-0.2, 0) is 11.2 Å². The Hall–Kier alpha value is -3.26. The van der Waals surface area contributed by atoms with Gasteiger partial charge in [0.25, 0.3) is 0 Å². The summed E-state index contributed by atoms with van der Waals surface area (Å²) in [5, 5.41) is 21.2. The first-order valence-electron chi connectivity index (χ1n) is 7.26. The Labute approximate surface area is 137 Å². The molecule has 3 rings (SSSR count). The normalized spacial score (nSPS) is 12.0. The standard InChI is InChI=1S/C16H16N6O2/c17-12-5-7-13(8-6-12)22-20-15(19-21-22)11-3-1-10(2-4-11)9-14(18)16(23)24/h1-8,14H,9,17-18H2,(H,23,24)/t14-/m0/s1. The molecule has 24 heavy (non-hydrogen) atoms. The summed E-state index contributed by atoms with van der Waals surface area (Å²) in [6.45, 7) is 0. The molecule has 0 saturated carbocycles. The molecule has 0 fully saturated rings. The van der Waals surface area contributed by atoms with E-state index >= 15 is 0 Å². The topological polar surface area (TPSA) is 133 Å². The summed E-state index contributed by atoms with van der Waals surface area (Å²) < 4.78 is 0. The summed E-state index contributed by atoms with van der Waals surface area (Å²) in [6, 6.07) is 13.5. The highest BCUT2D eigenvalue weighted by molar-refractivity contribution is 5.73. The average Bonchev–Trinajstić information content (AvgIpc) is 3.06. The lowest BCUT2D eigenvalue weighted by Crippen LogP contribution is -2.32. The van der Waals surface area contributed by atoms with Crippen LogP contribution < -0.4 is 11.5 Å². The lowest BCUT2D eigenvalue weighted by atomic mass is 10.0. The second-order valence-electron chi connectivity index (χ2n) is 5.34. The van der Waals surface area contributed by atoms with Gasteiger partial charge in [-0.05, 0) is 41.5 Å². The molecule has 0 radical (unpaired) electrons. The van der Waals surface area contributed by atoms with E-state index < -0.39 is 12.0 Å². The monoisotopic (exact) mass is 324 g/mol. The molecule has 0 bridgehead atoms. The van der Waals surface area contributed by atoms with Crippen LogP contribution >= 0.6 is 0 Å². The maximum absolute atomic E-state index is 10.8. The van der Waals surface area contributed by atoms with Crippen LogP contribution in [0.5, 0.6) is 0 Å². The number of rotatable bonds is 5. The molecule has 122 valence electrons. The van der Waals surface area contributed by atoms with E-state index in [0.717, 1.165) is 16.8 Å². The van der Waals surface area contributed by atoms with Gasteiger partial charge in [-0.15, -0.1) is 15.0 Å². The molecule has 0 aliphatic heterocycles. The molecular weight excluding hydrogens is 308 g/mol. The number of anilines is 1. The van der Waals surface area contributed by atoms with E-state index in [2.05, 4.69) is 15.4 Å². The van der Waals surface area contributed by atoms with Crippen LogP contribution in [0.2, 0.25) is 0 Å². The molecule has 1 heterocycles. The molecule has 3 aromatic rings. The van der Waals surface area contributed by atoms with Crippen molar-refractivity contribution in [3.05, 3.63) is 54.1 Å². The average molecular weight is 324 g/mol. The van der Waals surface area contributed by atoms with Crippen LogP contribution in [0.15, 0.2) is 48.5 Å². The summed E-state index contributed by atoms with van der Waals surface area (Å²) in [7, 11) is 0. The Bertz CT molecular complexity index is 842. The summed E-state index contributed by atoms with van der Waals surface area (Å²) >= 11 is 0. The SMILES string of the molecule is Nc1ccc(-n2nnc(-c3ccc(C[C@H](N)C(=O)O)cc3)n2)cc1. The molecule has 0 unspecified atom stereocenters. The number of tetrazole rings is 1. The highest BCUT2D eigenvalue weighted by Gasteiger charge is 2.13. The third kappa shape index (κ3) is 3.39. The molecule has 1 aromatic heterocycles. The maximum atomic E-state index is 10.8. The van der Waals surface area contributed by atoms with Crippen molar-refractivity contribution < 1.29 is 9.90 Å². The van der Waals surface area contributed by atoms with E-state index in [4.69, 9.17) is 16.6 Å². The van der Waals surface area contributed by atoms with Crippen molar-refractivity contribution in [2.24, 2.45) is 5.73 Å². The Balaban J connectivity index is 1.78. The first kappa shape index (κ1) is 15.6. The maximum Gasteiger partial charge on any atom is 0.320 e. The summed E-state index contributed by atoms with van der Waals surface area (Å²) in [4.78, 5) is 12.2. The zero-order chi connectivity index (χ0) is 17.1. The summed E-state index contributed by atoms with van der Waals surface area (Å²) in [5.41, 5.74) is 14.2. The van der Waals surface area contributed by atoms with Crippen molar-refractivity contribution >= 4 is 11.7 Å². The van der Waals surface area contributed by atoms with Gasteiger partial charge in [-0.2, -0.15) is 0 Å². The van der Waals surface area contributed by atoms with Crippen LogP contribution in [0.25, 0.3) is 17.1 Å². The number of nitrogen functional groups attached to an aromatic ring is 1. The second-order valence-corrected chi connectivity index (χ2v) is 5.34. The summed E-state index contributed by atoms with van der Waals surface area (Å²) in [6.07, 6.45) is 0.265. The zero-order valence-electron chi connectivity index (χ0n) is 12.7. The predicted octanol–water partition coefficient (Wildman–Crippen LogP) is 0.866. The third-order valence-electron chi connectivity index (χ3n) is 3.52.